The summed E-state index contributed by atoms with van der Waals surface area (Å²) in [5.74, 6) is 1.70. The molecule has 5 aromatic rings. The fourth-order valence-electron chi connectivity index (χ4n) is 6.49. The molecule has 0 N–H and O–H groups in total. The molecule has 3 heteroatoms. The molecule has 1 unspecified atom stereocenters. The maximum atomic E-state index is 7.60. The van der Waals surface area contributed by atoms with Crippen LogP contribution in [0.4, 0.5) is 5.69 Å². The molecule has 0 saturated carbocycles. The Hall–Kier alpha value is -4.81. The normalized spacial score (nSPS) is 18.0. The fourth-order valence-corrected chi connectivity index (χ4v) is 6.49. The minimum absolute atomic E-state index is 0.292. The van der Waals surface area contributed by atoms with E-state index in [1.54, 1.807) is 7.11 Å². The molecule has 0 bridgehead atoms. The van der Waals surface area contributed by atoms with Gasteiger partial charge < -0.3 is 9.47 Å². The van der Waals surface area contributed by atoms with Gasteiger partial charge >= 0.3 is 0 Å². The molecule has 3 nitrogen and oxygen atoms in total. The van der Waals surface area contributed by atoms with Gasteiger partial charge in [0.1, 0.15) is 11.5 Å². The second-order valence-corrected chi connectivity index (χ2v) is 10.8. The third-order valence-corrected chi connectivity index (χ3v) is 8.37. The van der Waals surface area contributed by atoms with E-state index in [1.165, 1.54) is 27.6 Å². The van der Waals surface area contributed by atoms with E-state index in [1.807, 2.05) is 24.3 Å². The molecule has 7 rings (SSSR count). The molecular weight excluding hydrogens is 478 g/mol. The molecule has 5 aromatic carbocycles. The van der Waals surface area contributed by atoms with Crippen LogP contribution in [0.5, 0.6) is 11.5 Å². The van der Waals surface area contributed by atoms with Crippen LogP contribution >= 0.6 is 0 Å². The van der Waals surface area contributed by atoms with E-state index in [9.17, 15) is 0 Å². The van der Waals surface area contributed by atoms with Gasteiger partial charge in [0.2, 0.25) is 0 Å². The van der Waals surface area contributed by atoms with E-state index >= 15 is 0 Å². The molecule has 0 amide bonds. The molecule has 0 radical (unpaired) electrons. The van der Waals surface area contributed by atoms with Gasteiger partial charge in [-0.3, -0.25) is 0 Å². The van der Waals surface area contributed by atoms with Crippen LogP contribution in [0.25, 0.3) is 32.8 Å². The summed E-state index contributed by atoms with van der Waals surface area (Å²) in [6, 6.07) is 33.2. The molecule has 1 aliphatic carbocycles. The zero-order valence-corrected chi connectivity index (χ0v) is 22.2. The maximum Gasteiger partial charge on any atom is 0.187 e. The summed E-state index contributed by atoms with van der Waals surface area (Å²) >= 11 is 0. The number of benzene rings is 5. The predicted octanol–water partition coefficient (Wildman–Crippen LogP) is 9.05. The number of methoxy groups -OCH3 is 1. The highest BCUT2D eigenvalue weighted by Crippen LogP contribution is 2.58. The fraction of sp³-hybridized carbons (Fsp3) is 0.139. The number of fused-ring (bicyclic) bond motifs is 8. The van der Waals surface area contributed by atoms with Crippen molar-refractivity contribution < 1.29 is 9.47 Å². The van der Waals surface area contributed by atoms with Gasteiger partial charge in [-0.15, -0.1) is 0 Å². The number of ether oxygens (including phenoxy) is 2. The number of rotatable bonds is 3. The van der Waals surface area contributed by atoms with Crippen LogP contribution in [0, 0.1) is 6.57 Å². The smallest absolute Gasteiger partial charge is 0.187 e. The van der Waals surface area contributed by atoms with E-state index in [0.717, 1.165) is 33.6 Å². The zero-order chi connectivity index (χ0) is 26.8. The van der Waals surface area contributed by atoms with Gasteiger partial charge in [0.05, 0.1) is 13.7 Å². The quantitative estimate of drug-likeness (QED) is 0.228. The van der Waals surface area contributed by atoms with Crippen LogP contribution in [0.15, 0.2) is 103 Å². The molecule has 188 valence electrons. The highest BCUT2D eigenvalue weighted by atomic mass is 16.5. The van der Waals surface area contributed by atoms with Crippen molar-refractivity contribution >= 4 is 22.5 Å². The van der Waals surface area contributed by atoms with E-state index in [2.05, 4.69) is 104 Å². The monoisotopic (exact) mass is 505 g/mol. The molecule has 2 aliphatic rings. The minimum atomic E-state index is -0.801. The minimum Gasteiger partial charge on any atom is -0.497 e. The Balaban J connectivity index is 1.54. The first-order valence-corrected chi connectivity index (χ1v) is 13.2. The summed E-state index contributed by atoms with van der Waals surface area (Å²) in [5.41, 5.74) is 7.65. The maximum absolute atomic E-state index is 7.60. The van der Waals surface area contributed by atoms with Crippen LogP contribution in [-0.4, -0.2) is 7.11 Å². The van der Waals surface area contributed by atoms with Gasteiger partial charge in [-0.2, -0.15) is 0 Å². The van der Waals surface area contributed by atoms with Crippen LogP contribution in [0.2, 0.25) is 0 Å². The molecule has 0 spiro atoms. The summed E-state index contributed by atoms with van der Waals surface area (Å²) in [7, 11) is 1.68. The summed E-state index contributed by atoms with van der Waals surface area (Å²) in [6.45, 7) is 12.1. The Morgan fingerprint density at radius 3 is 2.21 bits per heavy atom. The number of nitrogens with zero attached hydrogens (tertiary/aromatic N) is 1. The highest BCUT2D eigenvalue weighted by molar-refractivity contribution is 6.08. The molecule has 39 heavy (non-hydrogen) atoms. The summed E-state index contributed by atoms with van der Waals surface area (Å²) in [6.07, 6.45) is 4.45. The Morgan fingerprint density at radius 1 is 0.795 bits per heavy atom. The molecule has 1 atom stereocenters. The van der Waals surface area contributed by atoms with Crippen molar-refractivity contribution in [3.05, 3.63) is 142 Å². The largest absolute Gasteiger partial charge is 0.497 e. The molecule has 0 aromatic heterocycles. The van der Waals surface area contributed by atoms with Crippen molar-refractivity contribution in [1.82, 2.24) is 0 Å². The van der Waals surface area contributed by atoms with Crippen LogP contribution in [-0.2, 0) is 11.0 Å². The van der Waals surface area contributed by atoms with Gasteiger partial charge in [0, 0.05) is 27.5 Å². The van der Waals surface area contributed by atoms with Crippen molar-refractivity contribution in [3.8, 4) is 22.6 Å². The zero-order valence-electron chi connectivity index (χ0n) is 22.2. The topological polar surface area (TPSA) is 22.8 Å². The van der Waals surface area contributed by atoms with Gasteiger partial charge in [0.25, 0.3) is 0 Å². The van der Waals surface area contributed by atoms with E-state index in [-0.39, 0.29) is 5.41 Å². The Bertz CT molecular complexity index is 1840. The van der Waals surface area contributed by atoms with Crippen LogP contribution in [0.3, 0.4) is 0 Å². The lowest BCUT2D eigenvalue weighted by molar-refractivity contribution is 0.163. The predicted molar refractivity (Wildman–Crippen MR) is 158 cm³/mol. The van der Waals surface area contributed by atoms with Gasteiger partial charge in [-0.25, -0.2) is 4.85 Å². The van der Waals surface area contributed by atoms with E-state index < -0.39 is 5.60 Å². The van der Waals surface area contributed by atoms with Crippen molar-refractivity contribution in [2.24, 2.45) is 0 Å². The lowest BCUT2D eigenvalue weighted by atomic mass is 9.76. The molecule has 1 heterocycles. The Morgan fingerprint density at radius 2 is 1.49 bits per heavy atom. The second kappa shape index (κ2) is 8.35. The molecule has 0 saturated heterocycles. The second-order valence-electron chi connectivity index (χ2n) is 10.8. The first-order chi connectivity index (χ1) is 19.0. The van der Waals surface area contributed by atoms with E-state index in [4.69, 9.17) is 16.0 Å². The Kier molecular flexibility index (Phi) is 4.99. The van der Waals surface area contributed by atoms with Gasteiger partial charge in [-0.05, 0) is 45.8 Å². The van der Waals surface area contributed by atoms with Crippen LogP contribution < -0.4 is 9.47 Å². The standard InChI is InChI=1S/C36H27NO2/c1-35(2)31-22-25(37-3)16-19-29(31)32-27-12-8-9-13-28(27)34-30(33(32)35)20-21-36(39-34,23-10-6-5-7-11-23)24-14-17-26(38-4)18-15-24/h5-22H,1-2,4H3. The molecule has 0 fully saturated rings. The first-order valence-electron chi connectivity index (χ1n) is 13.2. The first kappa shape index (κ1) is 23.3. The Labute approximate surface area is 228 Å². The van der Waals surface area contributed by atoms with Crippen molar-refractivity contribution in [2.45, 2.75) is 24.9 Å². The van der Waals surface area contributed by atoms with Crippen molar-refractivity contribution in [3.63, 3.8) is 0 Å². The molecular formula is C36H27NO2. The summed E-state index contributed by atoms with van der Waals surface area (Å²) in [5, 5.41) is 2.25. The third kappa shape index (κ3) is 3.22. The van der Waals surface area contributed by atoms with Gasteiger partial charge in [0.15, 0.2) is 11.3 Å². The number of hydrogen-bond donors (Lipinski definition) is 0. The average molecular weight is 506 g/mol. The third-order valence-electron chi connectivity index (χ3n) is 8.37. The van der Waals surface area contributed by atoms with E-state index in [0.29, 0.717) is 5.69 Å². The average Bonchev–Trinajstić information content (AvgIpc) is 3.23. The van der Waals surface area contributed by atoms with Crippen molar-refractivity contribution in [1.29, 1.82) is 0 Å². The SMILES string of the molecule is [C-]#[N+]c1ccc2c(c1)C(C)(C)c1c3c(c4ccccc4c1-2)OC(c1ccccc1)(c1ccc(OC)cc1)C=C3. The van der Waals surface area contributed by atoms with Gasteiger partial charge in [-0.1, -0.05) is 105 Å². The number of hydrogen-bond acceptors (Lipinski definition) is 2. The molecule has 1 aliphatic heterocycles. The summed E-state index contributed by atoms with van der Waals surface area (Å²) < 4.78 is 12.7. The lowest BCUT2D eigenvalue weighted by Gasteiger charge is -2.38. The van der Waals surface area contributed by atoms with Crippen molar-refractivity contribution in [2.75, 3.05) is 7.11 Å². The summed E-state index contributed by atoms with van der Waals surface area (Å²) in [4.78, 5) is 3.73. The lowest BCUT2D eigenvalue weighted by Crippen LogP contribution is -2.35. The highest BCUT2D eigenvalue weighted by Gasteiger charge is 2.44. The van der Waals surface area contributed by atoms with Crippen LogP contribution in [0.1, 0.15) is 41.7 Å².